The summed E-state index contributed by atoms with van der Waals surface area (Å²) in [6.45, 7) is 1.99. The molecule has 1 aliphatic heterocycles. The summed E-state index contributed by atoms with van der Waals surface area (Å²) in [5.74, 6) is -0.0507. The van der Waals surface area contributed by atoms with Gasteiger partial charge in [-0.15, -0.1) is 0 Å². The molecule has 1 aliphatic rings. The van der Waals surface area contributed by atoms with Gasteiger partial charge in [0.05, 0.1) is 28.8 Å². The number of aryl methyl sites for hydroxylation is 1. The molecule has 1 saturated heterocycles. The Labute approximate surface area is 169 Å². The van der Waals surface area contributed by atoms with Gasteiger partial charge in [0.2, 0.25) is 5.88 Å². The summed E-state index contributed by atoms with van der Waals surface area (Å²) in [4.78, 5) is 17.6. The lowest BCUT2D eigenvalue weighted by atomic mass is 10.1. The standard InChI is InChI=1S/C22H22N2O4S/c1-2-15-7-3-6-10-20(15)24-21(25)18-9-5-4-8-17(18)19(22(24)26)13-23-16-11-12-29(27,28)14-16/h3-10,13,16,26H,2,11-12,14H2,1H3/t16-/m1/s1. The molecule has 1 atom stereocenters. The lowest BCUT2D eigenvalue weighted by Gasteiger charge is -2.16. The van der Waals surface area contributed by atoms with Crippen LogP contribution in [-0.4, -0.2) is 41.9 Å². The maximum atomic E-state index is 13.2. The Hall–Kier alpha value is -2.93. The normalized spacial score (nSPS) is 18.6. The quantitative estimate of drug-likeness (QED) is 0.670. The molecule has 0 saturated carbocycles. The van der Waals surface area contributed by atoms with Crippen LogP contribution in [0.4, 0.5) is 0 Å². The average Bonchev–Trinajstić information content (AvgIpc) is 3.07. The number of benzene rings is 2. The molecule has 2 heterocycles. The van der Waals surface area contributed by atoms with Crippen LogP contribution in [0.1, 0.15) is 24.5 Å². The zero-order chi connectivity index (χ0) is 20.6. The Balaban J connectivity index is 1.94. The highest BCUT2D eigenvalue weighted by molar-refractivity contribution is 7.91. The van der Waals surface area contributed by atoms with Crippen LogP contribution in [0.3, 0.4) is 0 Å². The van der Waals surface area contributed by atoms with Crippen molar-refractivity contribution in [2.45, 2.75) is 25.8 Å². The van der Waals surface area contributed by atoms with E-state index in [0.717, 1.165) is 5.56 Å². The van der Waals surface area contributed by atoms with Gasteiger partial charge in [0, 0.05) is 17.0 Å². The third-order valence-corrected chi connectivity index (χ3v) is 7.09. The van der Waals surface area contributed by atoms with Crippen LogP contribution < -0.4 is 5.56 Å². The Morgan fingerprint density at radius 2 is 1.83 bits per heavy atom. The summed E-state index contributed by atoms with van der Waals surface area (Å²) in [5.41, 5.74) is 1.67. The minimum absolute atomic E-state index is 0.0144. The summed E-state index contributed by atoms with van der Waals surface area (Å²) >= 11 is 0. The van der Waals surface area contributed by atoms with E-state index in [4.69, 9.17) is 0 Å². The number of pyridine rings is 1. The van der Waals surface area contributed by atoms with Gasteiger partial charge in [-0.2, -0.15) is 0 Å². The molecule has 7 heteroatoms. The number of aliphatic imine (C=N–C) groups is 1. The van der Waals surface area contributed by atoms with Gasteiger partial charge in [-0.1, -0.05) is 43.3 Å². The molecule has 150 valence electrons. The van der Waals surface area contributed by atoms with Gasteiger partial charge in [-0.3, -0.25) is 9.79 Å². The highest BCUT2D eigenvalue weighted by atomic mass is 32.2. The second-order valence-corrected chi connectivity index (χ2v) is 9.47. The van der Waals surface area contributed by atoms with Crippen molar-refractivity contribution in [3.05, 3.63) is 70.0 Å². The molecule has 4 rings (SSSR count). The maximum Gasteiger partial charge on any atom is 0.265 e. The number of fused-ring (bicyclic) bond motifs is 1. The number of para-hydroxylation sites is 1. The molecule has 2 aromatic carbocycles. The van der Waals surface area contributed by atoms with E-state index < -0.39 is 9.84 Å². The third-order valence-electron chi connectivity index (χ3n) is 5.34. The van der Waals surface area contributed by atoms with Crippen LogP contribution in [-0.2, 0) is 16.3 Å². The smallest absolute Gasteiger partial charge is 0.265 e. The summed E-state index contributed by atoms with van der Waals surface area (Å²) in [6, 6.07) is 14.2. The summed E-state index contributed by atoms with van der Waals surface area (Å²) in [7, 11) is -3.05. The molecule has 6 nitrogen and oxygen atoms in total. The van der Waals surface area contributed by atoms with Crippen LogP contribution in [0, 0.1) is 0 Å². The van der Waals surface area contributed by atoms with Crippen molar-refractivity contribution >= 4 is 26.8 Å². The van der Waals surface area contributed by atoms with Crippen molar-refractivity contribution in [1.82, 2.24) is 4.57 Å². The lowest BCUT2D eigenvalue weighted by Crippen LogP contribution is -2.21. The van der Waals surface area contributed by atoms with Crippen molar-refractivity contribution in [1.29, 1.82) is 0 Å². The van der Waals surface area contributed by atoms with E-state index in [2.05, 4.69) is 4.99 Å². The first kappa shape index (κ1) is 19.4. The van der Waals surface area contributed by atoms with Crippen molar-refractivity contribution < 1.29 is 13.5 Å². The molecule has 1 fully saturated rings. The van der Waals surface area contributed by atoms with Gasteiger partial charge in [-0.05, 0) is 30.5 Å². The first-order valence-electron chi connectivity index (χ1n) is 9.60. The predicted molar refractivity (Wildman–Crippen MR) is 115 cm³/mol. The van der Waals surface area contributed by atoms with Crippen LogP contribution in [0.2, 0.25) is 0 Å². The van der Waals surface area contributed by atoms with Gasteiger partial charge < -0.3 is 5.11 Å². The van der Waals surface area contributed by atoms with Crippen LogP contribution >= 0.6 is 0 Å². The summed E-state index contributed by atoms with van der Waals surface area (Å²) in [5, 5.41) is 12.1. The van der Waals surface area contributed by atoms with Gasteiger partial charge in [0.1, 0.15) is 0 Å². The Morgan fingerprint density at radius 3 is 2.52 bits per heavy atom. The molecule has 0 spiro atoms. The van der Waals surface area contributed by atoms with E-state index in [1.807, 2.05) is 25.1 Å². The first-order chi connectivity index (χ1) is 13.9. The number of rotatable bonds is 4. The summed E-state index contributed by atoms with van der Waals surface area (Å²) in [6.07, 6.45) is 2.68. The van der Waals surface area contributed by atoms with Crippen molar-refractivity contribution in [3.8, 4) is 11.6 Å². The zero-order valence-corrected chi connectivity index (χ0v) is 16.9. The fourth-order valence-electron chi connectivity index (χ4n) is 3.81. The Bertz CT molecular complexity index is 1280. The zero-order valence-electron chi connectivity index (χ0n) is 16.1. The Morgan fingerprint density at radius 1 is 1.14 bits per heavy atom. The molecule has 0 bridgehead atoms. The molecule has 1 aromatic heterocycles. The van der Waals surface area contributed by atoms with Gasteiger partial charge >= 0.3 is 0 Å². The molecule has 0 aliphatic carbocycles. The fourth-order valence-corrected chi connectivity index (χ4v) is 5.45. The monoisotopic (exact) mass is 410 g/mol. The van der Waals surface area contributed by atoms with Crippen molar-refractivity contribution in [2.24, 2.45) is 4.99 Å². The van der Waals surface area contributed by atoms with E-state index in [-0.39, 0.29) is 29.0 Å². The number of sulfone groups is 1. The number of nitrogens with zero attached hydrogens (tertiary/aromatic N) is 2. The maximum absolute atomic E-state index is 13.2. The van der Waals surface area contributed by atoms with E-state index >= 15 is 0 Å². The van der Waals surface area contributed by atoms with Crippen molar-refractivity contribution in [3.63, 3.8) is 0 Å². The van der Waals surface area contributed by atoms with Crippen LogP contribution in [0.5, 0.6) is 5.88 Å². The second-order valence-electron chi connectivity index (χ2n) is 7.24. The molecule has 29 heavy (non-hydrogen) atoms. The van der Waals surface area contributed by atoms with Gasteiger partial charge in [0.15, 0.2) is 9.84 Å². The third kappa shape index (κ3) is 3.58. The SMILES string of the molecule is CCc1ccccc1-n1c(O)c(C=N[C@@H]2CCS(=O)(=O)C2)c2ccccc2c1=O. The highest BCUT2D eigenvalue weighted by Crippen LogP contribution is 2.28. The first-order valence-corrected chi connectivity index (χ1v) is 11.4. The number of hydrogen-bond acceptors (Lipinski definition) is 5. The topological polar surface area (TPSA) is 88.7 Å². The molecule has 0 unspecified atom stereocenters. The minimum Gasteiger partial charge on any atom is -0.494 e. The van der Waals surface area contributed by atoms with E-state index in [9.17, 15) is 18.3 Å². The van der Waals surface area contributed by atoms with Crippen LogP contribution in [0.15, 0.2) is 58.3 Å². The highest BCUT2D eigenvalue weighted by Gasteiger charge is 2.27. The molecule has 0 amide bonds. The molecular weight excluding hydrogens is 388 g/mol. The molecule has 1 N–H and O–H groups in total. The lowest BCUT2D eigenvalue weighted by molar-refractivity contribution is 0.436. The van der Waals surface area contributed by atoms with Crippen LogP contribution in [0.25, 0.3) is 16.5 Å². The predicted octanol–water partition coefficient (Wildman–Crippen LogP) is 2.86. The minimum atomic E-state index is -3.05. The van der Waals surface area contributed by atoms with E-state index in [1.165, 1.54) is 10.8 Å². The Kier molecular flexibility index (Phi) is 5.00. The van der Waals surface area contributed by atoms with Crippen molar-refractivity contribution in [2.75, 3.05) is 11.5 Å². The van der Waals surface area contributed by atoms with E-state index in [1.54, 1.807) is 30.3 Å². The van der Waals surface area contributed by atoms with E-state index in [0.29, 0.717) is 34.9 Å². The van der Waals surface area contributed by atoms with Gasteiger partial charge in [-0.25, -0.2) is 13.0 Å². The fraction of sp³-hybridized carbons (Fsp3) is 0.273. The number of hydrogen-bond donors (Lipinski definition) is 1. The summed E-state index contributed by atoms with van der Waals surface area (Å²) < 4.78 is 24.7. The molecule has 0 radical (unpaired) electrons. The van der Waals surface area contributed by atoms with Gasteiger partial charge in [0.25, 0.3) is 5.56 Å². The number of aromatic nitrogens is 1. The second kappa shape index (κ2) is 7.48. The molecular formula is C22H22N2O4S. The average molecular weight is 410 g/mol. The largest absolute Gasteiger partial charge is 0.494 e. The number of aromatic hydroxyl groups is 1. The molecule has 3 aromatic rings.